The van der Waals surface area contributed by atoms with Gasteiger partial charge >= 0.3 is 0 Å². The van der Waals surface area contributed by atoms with Crippen molar-refractivity contribution in [2.45, 2.75) is 37.8 Å². The van der Waals surface area contributed by atoms with E-state index in [1.54, 1.807) is 0 Å². The number of likely N-dealkylation sites (tertiary alicyclic amines) is 2. The Bertz CT molecular complexity index is 791. The summed E-state index contributed by atoms with van der Waals surface area (Å²) in [6.07, 6.45) is 4.96. The van der Waals surface area contributed by atoms with E-state index in [-0.39, 0.29) is 18.0 Å². The molecule has 2 aliphatic rings. The number of carbonyl (C=O) groups is 1. The Morgan fingerprint density at radius 2 is 1.83 bits per heavy atom. The van der Waals surface area contributed by atoms with E-state index in [0.29, 0.717) is 26.2 Å². The normalized spacial score (nSPS) is 20.6. The van der Waals surface area contributed by atoms with Crippen LogP contribution in [0.1, 0.15) is 37.3 Å². The van der Waals surface area contributed by atoms with Gasteiger partial charge in [0.1, 0.15) is 0 Å². The van der Waals surface area contributed by atoms with Crippen molar-refractivity contribution in [1.29, 1.82) is 0 Å². The average Bonchev–Trinajstić information content (AvgIpc) is 3.18. The third-order valence-electron chi connectivity index (χ3n) is 5.67. The number of carbonyl (C=O) groups excluding carboxylic acids is 1. The van der Waals surface area contributed by atoms with Gasteiger partial charge in [0.05, 0.1) is 18.8 Å². The molecule has 2 heterocycles. The zero-order valence-corrected chi connectivity index (χ0v) is 18.5. The van der Waals surface area contributed by atoms with Gasteiger partial charge in [-0.25, -0.2) is 13.1 Å². The van der Waals surface area contributed by atoms with Crippen LogP contribution in [0.3, 0.4) is 0 Å². The highest BCUT2D eigenvalue weighted by atomic mass is 35.5. The van der Waals surface area contributed by atoms with Gasteiger partial charge in [0.2, 0.25) is 15.9 Å². The second-order valence-corrected chi connectivity index (χ2v) is 10.2. The van der Waals surface area contributed by atoms with Crippen LogP contribution >= 0.6 is 11.6 Å². The summed E-state index contributed by atoms with van der Waals surface area (Å²) in [5.74, 6) is -0.00391. The summed E-state index contributed by atoms with van der Waals surface area (Å²) in [6.45, 7) is 4.33. The van der Waals surface area contributed by atoms with Crippen molar-refractivity contribution in [3.63, 3.8) is 0 Å². The molecule has 1 unspecified atom stereocenters. The first kappa shape index (κ1) is 22.5. The second kappa shape index (κ2) is 10.2. The molecular weight excluding hydrogens is 412 g/mol. The topological polar surface area (TPSA) is 81.8 Å². The lowest BCUT2D eigenvalue weighted by Gasteiger charge is -2.32. The van der Waals surface area contributed by atoms with Crippen LogP contribution in [0.2, 0.25) is 5.02 Å². The fourth-order valence-electron chi connectivity index (χ4n) is 4.22. The van der Waals surface area contributed by atoms with E-state index >= 15 is 0 Å². The molecule has 1 atom stereocenters. The number of piperidine rings is 1. The molecule has 0 radical (unpaired) electrons. The number of amides is 1. The molecule has 0 aliphatic carbocycles. The Kier molecular flexibility index (Phi) is 7.92. The SMILES string of the molecule is CS(=O)(=O)NC1CCN(CC(=O)NCC(c2ccccc2Cl)N2CCCC2)CC1. The predicted molar refractivity (Wildman–Crippen MR) is 115 cm³/mol. The van der Waals surface area contributed by atoms with Crippen LogP contribution in [0, 0.1) is 0 Å². The summed E-state index contributed by atoms with van der Waals surface area (Å²) in [5.41, 5.74) is 1.06. The number of hydrogen-bond donors (Lipinski definition) is 2. The summed E-state index contributed by atoms with van der Waals surface area (Å²) < 4.78 is 25.4. The van der Waals surface area contributed by atoms with Gasteiger partial charge in [0.15, 0.2) is 0 Å². The Morgan fingerprint density at radius 1 is 1.17 bits per heavy atom. The summed E-state index contributed by atoms with van der Waals surface area (Å²) in [5, 5.41) is 3.82. The zero-order chi connectivity index (χ0) is 20.9. The molecule has 1 aromatic carbocycles. The highest BCUT2D eigenvalue weighted by molar-refractivity contribution is 7.88. The van der Waals surface area contributed by atoms with E-state index in [0.717, 1.165) is 36.5 Å². The van der Waals surface area contributed by atoms with Crippen LogP contribution in [-0.4, -0.2) is 75.7 Å². The Labute approximate surface area is 178 Å². The van der Waals surface area contributed by atoms with Crippen LogP contribution in [0.15, 0.2) is 24.3 Å². The van der Waals surface area contributed by atoms with Crippen molar-refractivity contribution >= 4 is 27.5 Å². The first-order valence-electron chi connectivity index (χ1n) is 10.3. The fourth-order valence-corrected chi connectivity index (χ4v) is 5.32. The minimum absolute atomic E-state index is 0.00391. The van der Waals surface area contributed by atoms with E-state index in [9.17, 15) is 13.2 Å². The maximum Gasteiger partial charge on any atom is 0.234 e. The maximum atomic E-state index is 12.5. The number of nitrogens with one attached hydrogen (secondary N) is 2. The fraction of sp³-hybridized carbons (Fsp3) is 0.650. The molecule has 0 bridgehead atoms. The van der Waals surface area contributed by atoms with Crippen LogP contribution in [-0.2, 0) is 14.8 Å². The lowest BCUT2D eigenvalue weighted by molar-refractivity contribution is -0.122. The van der Waals surface area contributed by atoms with Crippen molar-refractivity contribution in [3.8, 4) is 0 Å². The third-order valence-corrected chi connectivity index (χ3v) is 6.78. The quantitative estimate of drug-likeness (QED) is 0.639. The highest BCUT2D eigenvalue weighted by Gasteiger charge is 2.26. The molecule has 0 saturated carbocycles. The molecule has 2 fully saturated rings. The van der Waals surface area contributed by atoms with Crippen LogP contribution in [0.5, 0.6) is 0 Å². The summed E-state index contributed by atoms with van der Waals surface area (Å²) in [4.78, 5) is 17.0. The smallest absolute Gasteiger partial charge is 0.234 e. The molecule has 2 N–H and O–H groups in total. The van der Waals surface area contributed by atoms with Gasteiger partial charge in [-0.3, -0.25) is 14.6 Å². The van der Waals surface area contributed by atoms with Gasteiger partial charge in [0, 0.05) is 30.7 Å². The number of nitrogens with zero attached hydrogens (tertiary/aromatic N) is 2. The molecule has 1 aromatic rings. The summed E-state index contributed by atoms with van der Waals surface area (Å²) >= 11 is 6.43. The number of sulfonamides is 1. The Morgan fingerprint density at radius 3 is 2.45 bits per heavy atom. The lowest BCUT2D eigenvalue weighted by Crippen LogP contribution is -2.48. The number of rotatable bonds is 8. The number of halogens is 1. The van der Waals surface area contributed by atoms with Crippen molar-refractivity contribution < 1.29 is 13.2 Å². The first-order valence-corrected chi connectivity index (χ1v) is 12.5. The van der Waals surface area contributed by atoms with Gasteiger partial charge in [-0.15, -0.1) is 0 Å². The monoisotopic (exact) mass is 442 g/mol. The molecule has 9 heteroatoms. The largest absolute Gasteiger partial charge is 0.353 e. The number of benzene rings is 1. The lowest BCUT2D eigenvalue weighted by atomic mass is 10.1. The molecule has 0 aromatic heterocycles. The van der Waals surface area contributed by atoms with Crippen molar-refractivity contribution in [3.05, 3.63) is 34.9 Å². The Hall–Kier alpha value is -1.19. The predicted octanol–water partition coefficient (Wildman–Crippen LogP) is 1.61. The van der Waals surface area contributed by atoms with Gasteiger partial charge in [-0.2, -0.15) is 0 Å². The van der Waals surface area contributed by atoms with Gasteiger partial charge < -0.3 is 5.32 Å². The molecule has 2 saturated heterocycles. The maximum absolute atomic E-state index is 12.5. The Balaban J connectivity index is 1.50. The average molecular weight is 443 g/mol. The first-order chi connectivity index (χ1) is 13.8. The van der Waals surface area contributed by atoms with Crippen molar-refractivity contribution in [2.75, 3.05) is 45.5 Å². The molecular formula is C20H31ClN4O3S. The number of hydrogen-bond acceptors (Lipinski definition) is 5. The van der Waals surface area contributed by atoms with Gasteiger partial charge in [-0.05, 0) is 50.4 Å². The van der Waals surface area contributed by atoms with Crippen molar-refractivity contribution in [2.24, 2.45) is 0 Å². The molecule has 29 heavy (non-hydrogen) atoms. The zero-order valence-electron chi connectivity index (χ0n) is 16.9. The van der Waals surface area contributed by atoms with Crippen LogP contribution in [0.4, 0.5) is 0 Å². The summed E-state index contributed by atoms with van der Waals surface area (Å²) in [7, 11) is -3.18. The molecule has 0 spiro atoms. The minimum atomic E-state index is -3.18. The minimum Gasteiger partial charge on any atom is -0.353 e. The third kappa shape index (κ3) is 6.93. The van der Waals surface area contributed by atoms with Crippen molar-refractivity contribution in [1.82, 2.24) is 19.8 Å². The molecule has 1 amide bonds. The van der Waals surface area contributed by atoms with E-state index in [4.69, 9.17) is 11.6 Å². The molecule has 2 aliphatic heterocycles. The molecule has 162 valence electrons. The van der Waals surface area contributed by atoms with E-state index in [1.807, 2.05) is 24.3 Å². The van der Waals surface area contributed by atoms with Crippen LogP contribution < -0.4 is 10.0 Å². The van der Waals surface area contributed by atoms with Gasteiger partial charge in [-0.1, -0.05) is 29.8 Å². The summed E-state index contributed by atoms with van der Waals surface area (Å²) in [6, 6.07) is 7.89. The second-order valence-electron chi connectivity index (χ2n) is 8.02. The molecule has 3 rings (SSSR count). The standard InChI is InChI=1S/C20H31ClN4O3S/c1-29(27,28)23-16-8-12-24(13-9-16)15-20(26)22-14-19(25-10-4-5-11-25)17-6-2-3-7-18(17)21/h2-3,6-7,16,19,23H,4-5,8-15H2,1H3,(H,22,26). The highest BCUT2D eigenvalue weighted by Crippen LogP contribution is 2.29. The van der Waals surface area contributed by atoms with Gasteiger partial charge in [0.25, 0.3) is 0 Å². The van der Waals surface area contributed by atoms with E-state index in [1.165, 1.54) is 19.1 Å². The van der Waals surface area contributed by atoms with E-state index in [2.05, 4.69) is 19.8 Å². The van der Waals surface area contributed by atoms with Crippen LogP contribution in [0.25, 0.3) is 0 Å². The molecule has 7 nitrogen and oxygen atoms in total. The van der Waals surface area contributed by atoms with E-state index < -0.39 is 10.0 Å².